The standard InChI is InChI=1S/C14H10NO2S/c16-18(17,15-10-3-4-11-15)14-9-5-7-12-6-1-2-8-13(12)14/h1-10H. The minimum Gasteiger partial charge on any atom is -0.240 e. The number of aromatic nitrogens is 1. The molecular formula is C14H10NO2S. The van der Waals surface area contributed by atoms with Crippen molar-refractivity contribution in [3.63, 3.8) is 0 Å². The molecule has 3 aromatic rings. The van der Waals surface area contributed by atoms with Crippen molar-refractivity contribution < 1.29 is 8.42 Å². The molecule has 0 saturated heterocycles. The van der Waals surface area contributed by atoms with Crippen LogP contribution in [0.3, 0.4) is 0 Å². The molecule has 0 fully saturated rings. The molecule has 0 unspecified atom stereocenters. The topological polar surface area (TPSA) is 39.1 Å². The van der Waals surface area contributed by atoms with Crippen LogP contribution in [-0.4, -0.2) is 12.4 Å². The van der Waals surface area contributed by atoms with E-state index < -0.39 is 10.0 Å². The molecule has 0 aliphatic rings. The number of benzene rings is 2. The minimum atomic E-state index is -3.56. The lowest BCUT2D eigenvalue weighted by molar-refractivity contribution is 0.588. The van der Waals surface area contributed by atoms with E-state index in [0.29, 0.717) is 4.90 Å². The Hall–Kier alpha value is -2.07. The zero-order valence-electron chi connectivity index (χ0n) is 9.45. The first-order valence-corrected chi connectivity index (χ1v) is 6.92. The van der Waals surface area contributed by atoms with E-state index in [1.165, 1.54) is 6.20 Å². The molecule has 0 bridgehead atoms. The predicted molar refractivity (Wildman–Crippen MR) is 69.8 cm³/mol. The lowest BCUT2D eigenvalue weighted by Gasteiger charge is -2.08. The van der Waals surface area contributed by atoms with Crippen molar-refractivity contribution in [1.82, 2.24) is 3.97 Å². The highest BCUT2D eigenvalue weighted by Gasteiger charge is 2.18. The lowest BCUT2D eigenvalue weighted by Crippen LogP contribution is -2.11. The molecule has 0 spiro atoms. The smallest absolute Gasteiger partial charge is 0.240 e. The molecule has 0 aliphatic heterocycles. The molecule has 0 aliphatic carbocycles. The van der Waals surface area contributed by atoms with Gasteiger partial charge in [0.2, 0.25) is 0 Å². The predicted octanol–water partition coefficient (Wildman–Crippen LogP) is 2.68. The molecule has 0 N–H and O–H groups in total. The summed E-state index contributed by atoms with van der Waals surface area (Å²) >= 11 is 0. The normalized spacial score (nSPS) is 11.8. The molecule has 1 radical (unpaired) electrons. The molecule has 18 heavy (non-hydrogen) atoms. The average molecular weight is 256 g/mol. The maximum atomic E-state index is 12.4. The van der Waals surface area contributed by atoms with Crippen molar-refractivity contribution in [3.05, 3.63) is 67.0 Å². The van der Waals surface area contributed by atoms with Crippen LogP contribution in [0.1, 0.15) is 0 Å². The largest absolute Gasteiger partial charge is 0.268 e. The van der Waals surface area contributed by atoms with Gasteiger partial charge in [-0.2, -0.15) is 0 Å². The van der Waals surface area contributed by atoms with Crippen molar-refractivity contribution in [2.24, 2.45) is 0 Å². The maximum absolute atomic E-state index is 12.4. The second-order valence-corrected chi connectivity index (χ2v) is 5.70. The Morgan fingerprint density at radius 1 is 0.944 bits per heavy atom. The highest BCUT2D eigenvalue weighted by atomic mass is 32.2. The summed E-state index contributed by atoms with van der Waals surface area (Å²) in [5.74, 6) is 0. The van der Waals surface area contributed by atoms with Crippen molar-refractivity contribution in [2.75, 3.05) is 0 Å². The Morgan fingerprint density at radius 3 is 2.50 bits per heavy atom. The second kappa shape index (κ2) is 3.99. The molecule has 0 atom stereocenters. The van der Waals surface area contributed by atoms with Crippen LogP contribution in [0.25, 0.3) is 10.8 Å². The molecule has 2 aromatic carbocycles. The van der Waals surface area contributed by atoms with Crippen LogP contribution in [0.5, 0.6) is 0 Å². The first-order valence-electron chi connectivity index (χ1n) is 5.48. The number of nitrogens with zero attached hydrogens (tertiary/aromatic N) is 1. The summed E-state index contributed by atoms with van der Waals surface area (Å²) in [6.07, 6.45) is 4.15. The molecule has 89 valence electrons. The Balaban J connectivity index is 2.34. The van der Waals surface area contributed by atoms with Gasteiger partial charge in [0.25, 0.3) is 10.0 Å². The van der Waals surface area contributed by atoms with Crippen LogP contribution >= 0.6 is 0 Å². The van der Waals surface area contributed by atoms with Gasteiger partial charge in [0.05, 0.1) is 11.1 Å². The van der Waals surface area contributed by atoms with Gasteiger partial charge in [0.15, 0.2) is 0 Å². The fourth-order valence-corrected chi connectivity index (χ4v) is 3.31. The lowest BCUT2D eigenvalue weighted by atomic mass is 10.1. The van der Waals surface area contributed by atoms with Gasteiger partial charge in [-0.05, 0) is 23.6 Å². The molecule has 4 heteroatoms. The molecule has 3 rings (SSSR count). The van der Waals surface area contributed by atoms with Crippen LogP contribution in [0.15, 0.2) is 65.7 Å². The van der Waals surface area contributed by atoms with E-state index in [4.69, 9.17) is 0 Å². The van der Waals surface area contributed by atoms with Crippen LogP contribution in [0, 0.1) is 6.20 Å². The second-order valence-electron chi connectivity index (χ2n) is 3.92. The molecule has 0 amide bonds. The molecule has 0 saturated carbocycles. The molecular weight excluding hydrogens is 246 g/mol. The molecule has 1 heterocycles. The Labute approximate surface area is 105 Å². The summed E-state index contributed by atoms with van der Waals surface area (Å²) in [7, 11) is -3.56. The van der Waals surface area contributed by atoms with Crippen molar-refractivity contribution >= 4 is 20.8 Å². The van der Waals surface area contributed by atoms with E-state index in [2.05, 4.69) is 6.20 Å². The van der Waals surface area contributed by atoms with Gasteiger partial charge in [-0.25, -0.2) is 12.4 Å². The quantitative estimate of drug-likeness (QED) is 0.707. The van der Waals surface area contributed by atoms with E-state index in [-0.39, 0.29) is 0 Å². The van der Waals surface area contributed by atoms with Gasteiger partial charge < -0.3 is 0 Å². The minimum absolute atomic E-state index is 0.299. The van der Waals surface area contributed by atoms with E-state index in [9.17, 15) is 8.42 Å². The highest BCUT2D eigenvalue weighted by Crippen LogP contribution is 2.24. The third-order valence-electron chi connectivity index (χ3n) is 2.81. The van der Waals surface area contributed by atoms with Crippen LogP contribution < -0.4 is 0 Å². The van der Waals surface area contributed by atoms with E-state index in [1.807, 2.05) is 30.3 Å². The summed E-state index contributed by atoms with van der Waals surface area (Å²) in [5, 5.41) is 1.63. The van der Waals surface area contributed by atoms with Gasteiger partial charge in [-0.15, -0.1) is 0 Å². The Bertz CT molecular complexity index is 784. The first-order chi connectivity index (χ1) is 8.69. The molecule has 1 aromatic heterocycles. The van der Waals surface area contributed by atoms with Crippen molar-refractivity contribution in [1.29, 1.82) is 0 Å². The Morgan fingerprint density at radius 2 is 1.72 bits per heavy atom. The number of fused-ring (bicyclic) bond motifs is 1. The van der Waals surface area contributed by atoms with Gasteiger partial charge in [-0.3, -0.25) is 0 Å². The number of hydrogen-bond donors (Lipinski definition) is 0. The zero-order valence-corrected chi connectivity index (χ0v) is 10.3. The average Bonchev–Trinajstić information content (AvgIpc) is 2.92. The summed E-state index contributed by atoms with van der Waals surface area (Å²) < 4.78 is 26.0. The Kier molecular flexibility index (Phi) is 2.45. The summed E-state index contributed by atoms with van der Waals surface area (Å²) in [4.78, 5) is 0.299. The van der Waals surface area contributed by atoms with Gasteiger partial charge in [0.1, 0.15) is 0 Å². The summed E-state index contributed by atoms with van der Waals surface area (Å²) in [6.45, 7) is 0. The number of rotatable bonds is 2. The maximum Gasteiger partial charge on any atom is 0.268 e. The van der Waals surface area contributed by atoms with Gasteiger partial charge in [0, 0.05) is 11.6 Å². The molecule has 3 nitrogen and oxygen atoms in total. The van der Waals surface area contributed by atoms with Crippen LogP contribution in [-0.2, 0) is 10.0 Å². The monoisotopic (exact) mass is 256 g/mol. The third kappa shape index (κ3) is 1.62. The van der Waals surface area contributed by atoms with Gasteiger partial charge >= 0.3 is 0 Å². The zero-order chi connectivity index (χ0) is 12.6. The SMILES string of the molecule is O=S(=O)(c1cccc2ccccc12)n1[c]ccc1. The fourth-order valence-electron chi connectivity index (χ4n) is 1.96. The fraction of sp³-hybridized carbons (Fsp3) is 0. The summed E-state index contributed by atoms with van der Waals surface area (Å²) in [6, 6.07) is 15.9. The number of hydrogen-bond acceptors (Lipinski definition) is 2. The first kappa shape index (κ1) is 11.0. The van der Waals surface area contributed by atoms with E-state index >= 15 is 0 Å². The van der Waals surface area contributed by atoms with E-state index in [0.717, 1.165) is 14.7 Å². The van der Waals surface area contributed by atoms with Gasteiger partial charge in [-0.1, -0.05) is 36.4 Å². The van der Waals surface area contributed by atoms with Crippen molar-refractivity contribution in [2.45, 2.75) is 4.90 Å². The van der Waals surface area contributed by atoms with E-state index in [1.54, 1.807) is 24.3 Å². The van der Waals surface area contributed by atoms with Crippen LogP contribution in [0.2, 0.25) is 0 Å². The van der Waals surface area contributed by atoms with Crippen LogP contribution in [0.4, 0.5) is 0 Å². The third-order valence-corrected chi connectivity index (χ3v) is 4.46. The highest BCUT2D eigenvalue weighted by molar-refractivity contribution is 7.90. The van der Waals surface area contributed by atoms with Crippen molar-refractivity contribution in [3.8, 4) is 0 Å². The summed E-state index contributed by atoms with van der Waals surface area (Å²) in [5.41, 5.74) is 0.